The van der Waals surface area contributed by atoms with Gasteiger partial charge in [0, 0.05) is 18.3 Å². The highest BCUT2D eigenvalue weighted by Gasteiger charge is 2.49. The Bertz CT molecular complexity index is 291. The Kier molecular flexibility index (Phi) is 3.92. The molecule has 2 heteroatoms. The van der Waals surface area contributed by atoms with Crippen LogP contribution in [-0.4, -0.2) is 11.6 Å². The predicted octanol–water partition coefficient (Wildman–Crippen LogP) is 3.53. The molecule has 0 radical (unpaired) electrons. The maximum atomic E-state index is 12.3. The van der Waals surface area contributed by atoms with Crippen LogP contribution < -0.4 is 0 Å². The first kappa shape index (κ1) is 13.4. The van der Waals surface area contributed by atoms with Crippen molar-refractivity contribution in [3.63, 3.8) is 0 Å². The van der Waals surface area contributed by atoms with E-state index in [1.54, 1.807) is 6.92 Å². The molecule has 92 valence electrons. The number of rotatable bonds is 5. The monoisotopic (exact) mass is 224 g/mol. The summed E-state index contributed by atoms with van der Waals surface area (Å²) < 4.78 is 0. The standard InChI is InChI=1S/C14H24O2/c1-11(15)7-5-8-12(16)14(4)10-6-9-13(14,2)3/h5-10H2,1-4H3/t14-/m1/s1. The van der Waals surface area contributed by atoms with Crippen LogP contribution in [0.4, 0.5) is 0 Å². The summed E-state index contributed by atoms with van der Waals surface area (Å²) >= 11 is 0. The molecule has 0 spiro atoms. The van der Waals surface area contributed by atoms with Crippen LogP contribution >= 0.6 is 0 Å². The van der Waals surface area contributed by atoms with E-state index >= 15 is 0 Å². The lowest BCUT2D eigenvalue weighted by atomic mass is 9.66. The molecule has 0 aromatic rings. The molecule has 16 heavy (non-hydrogen) atoms. The Morgan fingerprint density at radius 1 is 1.06 bits per heavy atom. The first-order chi connectivity index (χ1) is 7.29. The van der Waals surface area contributed by atoms with Crippen molar-refractivity contribution in [1.29, 1.82) is 0 Å². The van der Waals surface area contributed by atoms with Crippen molar-refractivity contribution in [1.82, 2.24) is 0 Å². The number of hydrogen-bond acceptors (Lipinski definition) is 2. The van der Waals surface area contributed by atoms with Crippen LogP contribution in [-0.2, 0) is 9.59 Å². The zero-order valence-corrected chi connectivity index (χ0v) is 11.1. The molecule has 1 saturated carbocycles. The van der Waals surface area contributed by atoms with Crippen molar-refractivity contribution in [2.24, 2.45) is 10.8 Å². The van der Waals surface area contributed by atoms with E-state index in [1.165, 1.54) is 0 Å². The molecule has 0 heterocycles. The van der Waals surface area contributed by atoms with Gasteiger partial charge in [0.1, 0.15) is 11.6 Å². The molecule has 1 fully saturated rings. The smallest absolute Gasteiger partial charge is 0.139 e. The lowest BCUT2D eigenvalue weighted by Gasteiger charge is -2.37. The van der Waals surface area contributed by atoms with Crippen molar-refractivity contribution >= 4 is 11.6 Å². The van der Waals surface area contributed by atoms with Gasteiger partial charge in [0.25, 0.3) is 0 Å². The highest BCUT2D eigenvalue weighted by molar-refractivity contribution is 5.86. The molecule has 2 nitrogen and oxygen atoms in total. The van der Waals surface area contributed by atoms with E-state index < -0.39 is 0 Å². The van der Waals surface area contributed by atoms with Crippen LogP contribution in [0.15, 0.2) is 0 Å². The zero-order chi connectivity index (χ0) is 12.4. The van der Waals surface area contributed by atoms with Crippen LogP contribution in [0.5, 0.6) is 0 Å². The van der Waals surface area contributed by atoms with Crippen LogP contribution in [0.3, 0.4) is 0 Å². The number of hydrogen-bond donors (Lipinski definition) is 0. The number of carbonyl (C=O) groups excluding carboxylic acids is 2. The van der Waals surface area contributed by atoms with E-state index in [0.29, 0.717) is 18.6 Å². The Balaban J connectivity index is 2.56. The number of carbonyl (C=O) groups is 2. The summed E-state index contributed by atoms with van der Waals surface area (Å²) in [6, 6.07) is 0. The minimum Gasteiger partial charge on any atom is -0.300 e. The number of ketones is 2. The minimum atomic E-state index is -0.163. The SMILES string of the molecule is CC(=O)CCCC(=O)[C@@]1(C)CCCC1(C)C. The summed E-state index contributed by atoms with van der Waals surface area (Å²) in [5, 5.41) is 0. The predicted molar refractivity (Wildman–Crippen MR) is 65.3 cm³/mol. The quantitative estimate of drug-likeness (QED) is 0.716. The fraction of sp³-hybridized carbons (Fsp3) is 0.857. The molecule has 0 saturated heterocycles. The van der Waals surface area contributed by atoms with Crippen LogP contribution in [0, 0.1) is 10.8 Å². The molecule has 0 bridgehead atoms. The summed E-state index contributed by atoms with van der Waals surface area (Å²) in [5.74, 6) is 0.542. The van der Waals surface area contributed by atoms with Gasteiger partial charge in [-0.1, -0.05) is 27.2 Å². The summed E-state index contributed by atoms with van der Waals surface area (Å²) in [5.41, 5.74) is -0.0376. The molecule has 0 aliphatic heterocycles. The van der Waals surface area contributed by atoms with Gasteiger partial charge < -0.3 is 4.79 Å². The highest BCUT2D eigenvalue weighted by Crippen LogP contribution is 2.53. The number of Topliss-reactive ketones (excluding diaryl/α,β-unsaturated/α-hetero) is 2. The lowest BCUT2D eigenvalue weighted by molar-refractivity contribution is -0.132. The van der Waals surface area contributed by atoms with Gasteiger partial charge in [0.05, 0.1) is 0 Å². The molecular weight excluding hydrogens is 200 g/mol. The fourth-order valence-electron chi connectivity index (χ4n) is 2.79. The summed E-state index contributed by atoms with van der Waals surface area (Å²) in [7, 11) is 0. The maximum absolute atomic E-state index is 12.3. The molecule has 0 amide bonds. The van der Waals surface area contributed by atoms with E-state index in [2.05, 4.69) is 20.8 Å². The Labute approximate surface area is 98.8 Å². The Morgan fingerprint density at radius 2 is 1.69 bits per heavy atom. The van der Waals surface area contributed by atoms with Crippen LogP contribution in [0.2, 0.25) is 0 Å². The zero-order valence-electron chi connectivity index (χ0n) is 11.1. The van der Waals surface area contributed by atoms with Gasteiger partial charge in [-0.25, -0.2) is 0 Å². The first-order valence-electron chi connectivity index (χ1n) is 6.32. The van der Waals surface area contributed by atoms with E-state index in [-0.39, 0.29) is 16.6 Å². The van der Waals surface area contributed by atoms with Gasteiger partial charge >= 0.3 is 0 Å². The summed E-state index contributed by atoms with van der Waals surface area (Å²) in [6.07, 6.45) is 5.14. The molecule has 1 rings (SSSR count). The van der Waals surface area contributed by atoms with Gasteiger partial charge in [-0.15, -0.1) is 0 Å². The van der Waals surface area contributed by atoms with Crippen molar-refractivity contribution in [3.05, 3.63) is 0 Å². The Morgan fingerprint density at radius 3 is 2.12 bits per heavy atom. The first-order valence-corrected chi connectivity index (χ1v) is 6.32. The van der Waals surface area contributed by atoms with Gasteiger partial charge in [-0.3, -0.25) is 4.79 Å². The second-order valence-corrected chi connectivity index (χ2v) is 6.05. The van der Waals surface area contributed by atoms with Gasteiger partial charge in [-0.2, -0.15) is 0 Å². The molecule has 1 aliphatic rings. The normalized spacial score (nSPS) is 28.0. The van der Waals surface area contributed by atoms with E-state index in [9.17, 15) is 9.59 Å². The second-order valence-electron chi connectivity index (χ2n) is 6.05. The highest BCUT2D eigenvalue weighted by atomic mass is 16.1. The average molecular weight is 224 g/mol. The van der Waals surface area contributed by atoms with Crippen LogP contribution in [0.25, 0.3) is 0 Å². The van der Waals surface area contributed by atoms with Gasteiger partial charge in [0.15, 0.2) is 0 Å². The van der Waals surface area contributed by atoms with E-state index in [1.807, 2.05) is 0 Å². The third-order valence-corrected chi connectivity index (χ3v) is 4.52. The lowest BCUT2D eigenvalue weighted by Crippen LogP contribution is -2.37. The molecule has 0 aromatic carbocycles. The Hall–Kier alpha value is -0.660. The summed E-state index contributed by atoms with van der Waals surface area (Å²) in [6.45, 7) is 8.09. The van der Waals surface area contributed by atoms with Gasteiger partial charge in [-0.05, 0) is 31.6 Å². The van der Waals surface area contributed by atoms with Crippen molar-refractivity contribution < 1.29 is 9.59 Å². The third-order valence-electron chi connectivity index (χ3n) is 4.52. The average Bonchev–Trinajstić information content (AvgIpc) is 2.41. The van der Waals surface area contributed by atoms with E-state index in [4.69, 9.17) is 0 Å². The molecule has 0 N–H and O–H groups in total. The van der Waals surface area contributed by atoms with Gasteiger partial charge in [0.2, 0.25) is 0 Å². The topological polar surface area (TPSA) is 34.1 Å². The fourth-order valence-corrected chi connectivity index (χ4v) is 2.79. The molecular formula is C14H24O2. The van der Waals surface area contributed by atoms with E-state index in [0.717, 1.165) is 25.7 Å². The molecule has 0 aromatic heterocycles. The maximum Gasteiger partial charge on any atom is 0.139 e. The van der Waals surface area contributed by atoms with Crippen molar-refractivity contribution in [2.45, 2.75) is 66.2 Å². The summed E-state index contributed by atoms with van der Waals surface area (Å²) in [4.78, 5) is 23.1. The van der Waals surface area contributed by atoms with Crippen molar-refractivity contribution in [3.8, 4) is 0 Å². The molecule has 0 unspecified atom stereocenters. The van der Waals surface area contributed by atoms with Crippen molar-refractivity contribution in [2.75, 3.05) is 0 Å². The van der Waals surface area contributed by atoms with Crippen LogP contribution in [0.1, 0.15) is 66.2 Å². The minimum absolute atomic E-state index is 0.125. The second kappa shape index (κ2) is 4.68. The largest absolute Gasteiger partial charge is 0.300 e. The molecule has 1 aliphatic carbocycles. The molecule has 1 atom stereocenters. The third kappa shape index (κ3) is 2.53.